The number of primary amides is 1. The van der Waals surface area contributed by atoms with Crippen molar-refractivity contribution in [3.63, 3.8) is 0 Å². The lowest BCUT2D eigenvalue weighted by Crippen LogP contribution is -2.62. The van der Waals surface area contributed by atoms with E-state index in [2.05, 4.69) is 0 Å². The molecule has 0 saturated carbocycles. The molecule has 0 unspecified atom stereocenters. The number of nitrogens with two attached hydrogens (primary N) is 1. The third-order valence-electron chi connectivity index (χ3n) is 2.49. The van der Waals surface area contributed by atoms with E-state index in [1.54, 1.807) is 11.8 Å². The Balaban J connectivity index is 2.40. The summed E-state index contributed by atoms with van der Waals surface area (Å²) in [6.45, 7) is 4.73. The average molecular weight is 184 g/mol. The predicted molar refractivity (Wildman–Crippen MR) is 48.8 cm³/mol. The van der Waals surface area contributed by atoms with E-state index in [0.717, 1.165) is 6.42 Å². The van der Waals surface area contributed by atoms with Crippen LogP contribution in [0.4, 0.5) is 0 Å². The normalized spacial score (nSPS) is 19.4. The zero-order valence-electron chi connectivity index (χ0n) is 8.17. The van der Waals surface area contributed by atoms with E-state index < -0.39 is 5.41 Å². The van der Waals surface area contributed by atoms with Crippen LogP contribution in [0.5, 0.6) is 0 Å². The van der Waals surface area contributed by atoms with Crippen LogP contribution in [0, 0.1) is 5.41 Å². The van der Waals surface area contributed by atoms with Gasteiger partial charge in [0.2, 0.25) is 11.8 Å². The minimum Gasteiger partial charge on any atom is -0.369 e. The van der Waals surface area contributed by atoms with Gasteiger partial charge in [-0.05, 0) is 13.3 Å². The molecule has 74 valence electrons. The van der Waals surface area contributed by atoms with E-state index in [-0.39, 0.29) is 11.8 Å². The molecule has 1 rings (SSSR count). The molecular formula is C9H16N2O2. The summed E-state index contributed by atoms with van der Waals surface area (Å²) >= 11 is 0. The summed E-state index contributed by atoms with van der Waals surface area (Å²) < 4.78 is 0. The molecule has 0 radical (unpaired) electrons. The summed E-state index contributed by atoms with van der Waals surface area (Å²) in [5.74, 6) is -0.186. The lowest BCUT2D eigenvalue weighted by atomic mass is 9.81. The molecule has 0 spiro atoms. The highest BCUT2D eigenvalue weighted by Crippen LogP contribution is 2.29. The number of hydrogen-bond acceptors (Lipinski definition) is 2. The predicted octanol–water partition coefficient (Wildman–Crippen LogP) is 0.120. The summed E-state index contributed by atoms with van der Waals surface area (Å²) in [4.78, 5) is 23.9. The van der Waals surface area contributed by atoms with Gasteiger partial charge in [-0.3, -0.25) is 9.59 Å². The van der Waals surface area contributed by atoms with Gasteiger partial charge >= 0.3 is 0 Å². The van der Waals surface area contributed by atoms with Gasteiger partial charge < -0.3 is 10.6 Å². The zero-order valence-corrected chi connectivity index (χ0v) is 8.17. The molecule has 1 heterocycles. The fourth-order valence-electron chi connectivity index (χ4n) is 1.50. The summed E-state index contributed by atoms with van der Waals surface area (Å²) in [5.41, 5.74) is 4.71. The van der Waals surface area contributed by atoms with Gasteiger partial charge in [0.25, 0.3) is 0 Å². The van der Waals surface area contributed by atoms with Crippen LogP contribution < -0.4 is 5.73 Å². The van der Waals surface area contributed by atoms with Crippen LogP contribution in [0.15, 0.2) is 0 Å². The van der Waals surface area contributed by atoms with Gasteiger partial charge in [0.15, 0.2) is 0 Å². The Kier molecular flexibility index (Phi) is 2.59. The average Bonchev–Trinajstić information content (AvgIpc) is 1.98. The molecule has 1 saturated heterocycles. The number of amides is 2. The highest BCUT2D eigenvalue weighted by Gasteiger charge is 2.45. The van der Waals surface area contributed by atoms with Gasteiger partial charge in [-0.2, -0.15) is 0 Å². The van der Waals surface area contributed by atoms with E-state index >= 15 is 0 Å². The Morgan fingerprint density at radius 2 is 2.00 bits per heavy atom. The largest absolute Gasteiger partial charge is 0.369 e. The molecule has 0 aromatic carbocycles. The van der Waals surface area contributed by atoms with Crippen LogP contribution in [-0.4, -0.2) is 29.8 Å². The molecule has 2 amide bonds. The Labute approximate surface area is 78.1 Å². The lowest BCUT2D eigenvalue weighted by molar-refractivity contribution is -0.150. The number of hydrogen-bond donors (Lipinski definition) is 1. The lowest BCUT2D eigenvalue weighted by Gasteiger charge is -2.45. The molecule has 4 heteroatoms. The molecule has 4 nitrogen and oxygen atoms in total. The van der Waals surface area contributed by atoms with Gasteiger partial charge in [0, 0.05) is 19.5 Å². The number of carbonyl (C=O) groups excluding carboxylic acids is 2. The van der Waals surface area contributed by atoms with Crippen molar-refractivity contribution in [3.8, 4) is 0 Å². The molecular weight excluding hydrogens is 168 g/mol. The standard InChI is InChI=1S/C9H16N2O2/c1-3-4-7(12)11-5-9(2,6-11)8(10)13/h3-6H2,1-2H3,(H2,10,13). The van der Waals surface area contributed by atoms with Crippen molar-refractivity contribution in [2.24, 2.45) is 11.1 Å². The third kappa shape index (κ3) is 1.82. The molecule has 0 aromatic heterocycles. The number of carbonyl (C=O) groups is 2. The molecule has 0 bridgehead atoms. The number of nitrogens with zero attached hydrogens (tertiary/aromatic N) is 1. The molecule has 1 aliphatic heterocycles. The minimum absolute atomic E-state index is 0.126. The smallest absolute Gasteiger partial charge is 0.226 e. The zero-order chi connectivity index (χ0) is 10.1. The highest BCUT2D eigenvalue weighted by molar-refractivity contribution is 5.86. The van der Waals surface area contributed by atoms with E-state index in [1.165, 1.54) is 0 Å². The summed E-state index contributed by atoms with van der Waals surface area (Å²) in [7, 11) is 0. The fourth-order valence-corrected chi connectivity index (χ4v) is 1.50. The van der Waals surface area contributed by atoms with E-state index in [0.29, 0.717) is 19.5 Å². The number of likely N-dealkylation sites (tertiary alicyclic amines) is 1. The minimum atomic E-state index is -0.483. The van der Waals surface area contributed by atoms with Crippen molar-refractivity contribution >= 4 is 11.8 Å². The SMILES string of the molecule is CCCC(=O)N1CC(C)(C(N)=O)C1. The highest BCUT2D eigenvalue weighted by atomic mass is 16.2. The van der Waals surface area contributed by atoms with Crippen molar-refractivity contribution in [2.75, 3.05) is 13.1 Å². The monoisotopic (exact) mass is 184 g/mol. The topological polar surface area (TPSA) is 63.4 Å². The van der Waals surface area contributed by atoms with Gasteiger partial charge in [-0.1, -0.05) is 6.92 Å². The van der Waals surface area contributed by atoms with Gasteiger partial charge in [0.05, 0.1) is 5.41 Å². The maximum atomic E-state index is 11.3. The van der Waals surface area contributed by atoms with Crippen LogP contribution in [0.25, 0.3) is 0 Å². The first-order valence-electron chi connectivity index (χ1n) is 4.57. The van der Waals surface area contributed by atoms with E-state index in [4.69, 9.17) is 5.73 Å². The van der Waals surface area contributed by atoms with Gasteiger partial charge in [-0.15, -0.1) is 0 Å². The Morgan fingerprint density at radius 1 is 1.46 bits per heavy atom. The van der Waals surface area contributed by atoms with Gasteiger partial charge in [-0.25, -0.2) is 0 Å². The first-order valence-corrected chi connectivity index (χ1v) is 4.57. The molecule has 0 atom stereocenters. The summed E-state index contributed by atoms with van der Waals surface area (Å²) in [6, 6.07) is 0. The first-order chi connectivity index (χ1) is 5.99. The Bertz CT molecular complexity index is 232. The van der Waals surface area contributed by atoms with Crippen LogP contribution in [0.2, 0.25) is 0 Å². The van der Waals surface area contributed by atoms with Crippen molar-refractivity contribution in [1.82, 2.24) is 4.90 Å². The second-order valence-electron chi connectivity index (χ2n) is 3.92. The third-order valence-corrected chi connectivity index (χ3v) is 2.49. The van der Waals surface area contributed by atoms with E-state index in [9.17, 15) is 9.59 Å². The second kappa shape index (κ2) is 3.36. The van der Waals surface area contributed by atoms with Crippen LogP contribution in [0.3, 0.4) is 0 Å². The van der Waals surface area contributed by atoms with Crippen molar-refractivity contribution in [3.05, 3.63) is 0 Å². The van der Waals surface area contributed by atoms with Crippen molar-refractivity contribution in [2.45, 2.75) is 26.7 Å². The van der Waals surface area contributed by atoms with Crippen LogP contribution in [0.1, 0.15) is 26.7 Å². The quantitative estimate of drug-likeness (QED) is 0.677. The Morgan fingerprint density at radius 3 is 2.38 bits per heavy atom. The second-order valence-corrected chi connectivity index (χ2v) is 3.92. The molecule has 2 N–H and O–H groups in total. The molecule has 1 fully saturated rings. The van der Waals surface area contributed by atoms with Gasteiger partial charge in [0.1, 0.15) is 0 Å². The van der Waals surface area contributed by atoms with E-state index in [1.807, 2.05) is 6.92 Å². The molecule has 1 aliphatic rings. The van der Waals surface area contributed by atoms with Crippen LogP contribution >= 0.6 is 0 Å². The maximum Gasteiger partial charge on any atom is 0.226 e. The molecule has 13 heavy (non-hydrogen) atoms. The molecule has 0 aromatic rings. The summed E-state index contributed by atoms with van der Waals surface area (Å²) in [6.07, 6.45) is 1.41. The first kappa shape index (κ1) is 10.0. The Hall–Kier alpha value is -1.06. The molecule has 0 aliphatic carbocycles. The summed E-state index contributed by atoms with van der Waals surface area (Å²) in [5, 5.41) is 0. The van der Waals surface area contributed by atoms with Crippen LogP contribution in [-0.2, 0) is 9.59 Å². The number of rotatable bonds is 3. The maximum absolute atomic E-state index is 11.3. The van der Waals surface area contributed by atoms with Crippen molar-refractivity contribution < 1.29 is 9.59 Å². The fraction of sp³-hybridized carbons (Fsp3) is 0.778. The van der Waals surface area contributed by atoms with Crippen molar-refractivity contribution in [1.29, 1.82) is 0 Å².